The van der Waals surface area contributed by atoms with Crippen LogP contribution in [0.5, 0.6) is 5.75 Å². The van der Waals surface area contributed by atoms with Gasteiger partial charge in [-0.05, 0) is 37.1 Å². The van der Waals surface area contributed by atoms with E-state index in [1.54, 1.807) is 0 Å². The molecule has 1 aliphatic heterocycles. The van der Waals surface area contributed by atoms with E-state index in [0.717, 1.165) is 16.4 Å². The predicted molar refractivity (Wildman–Crippen MR) is 107 cm³/mol. The molecule has 2 aromatic carbocycles. The molecule has 3 unspecified atom stereocenters. The quantitative estimate of drug-likeness (QED) is 0.573. The van der Waals surface area contributed by atoms with Gasteiger partial charge in [0.05, 0.1) is 13.2 Å². The van der Waals surface area contributed by atoms with Crippen LogP contribution in [-0.4, -0.2) is 55.4 Å². The Balaban J connectivity index is 1.91. The Bertz CT molecular complexity index is 1040. The lowest BCUT2D eigenvalue weighted by atomic mass is 10.1. The van der Waals surface area contributed by atoms with Gasteiger partial charge in [-0.2, -0.15) is 4.31 Å². The van der Waals surface area contributed by atoms with Crippen molar-refractivity contribution < 1.29 is 36.5 Å². The van der Waals surface area contributed by atoms with Crippen LogP contribution in [0.3, 0.4) is 0 Å². The van der Waals surface area contributed by atoms with E-state index < -0.39 is 46.7 Å². The number of anilines is 1. The van der Waals surface area contributed by atoms with Gasteiger partial charge < -0.3 is 20.3 Å². The van der Waals surface area contributed by atoms with Gasteiger partial charge in [-0.25, -0.2) is 21.6 Å². The van der Waals surface area contributed by atoms with Gasteiger partial charge >= 0.3 is 0 Å². The SMILES string of the molecule is COc1ccc(C(O)Nc2ccc(F)c(F)c2)cc1S(=O)(=O)N1CCCC(O)C(F)C1. The zero-order valence-electron chi connectivity index (χ0n) is 16.6. The molecule has 170 valence electrons. The number of alkyl halides is 1. The van der Waals surface area contributed by atoms with E-state index in [-0.39, 0.29) is 41.3 Å². The molecule has 7 nitrogen and oxygen atoms in total. The lowest BCUT2D eigenvalue weighted by molar-refractivity contribution is 0.0732. The molecule has 2 aromatic rings. The number of methoxy groups -OCH3 is 1. The molecular weight excluding hydrogens is 437 g/mol. The van der Waals surface area contributed by atoms with Crippen molar-refractivity contribution in [3.05, 3.63) is 53.6 Å². The summed E-state index contributed by atoms with van der Waals surface area (Å²) < 4.78 is 73.1. The van der Waals surface area contributed by atoms with Gasteiger partial charge in [-0.15, -0.1) is 0 Å². The lowest BCUT2D eigenvalue weighted by Crippen LogP contribution is -2.38. The molecular formula is C20H23F3N2O5S. The standard InChI is InChI=1S/C20H23F3N2O5S/c1-30-18-7-4-12(20(27)24-13-5-6-14(21)15(22)10-13)9-19(18)31(28,29)25-8-2-3-17(26)16(23)11-25/h4-7,9-10,16-17,20,24,26-27H,2-3,8,11H2,1H3. The fraction of sp³-hybridized carbons (Fsp3) is 0.400. The van der Waals surface area contributed by atoms with E-state index in [1.165, 1.54) is 31.4 Å². The Morgan fingerprint density at radius 3 is 2.61 bits per heavy atom. The van der Waals surface area contributed by atoms with Gasteiger partial charge in [0, 0.05) is 30.4 Å². The van der Waals surface area contributed by atoms with Crippen LogP contribution in [0.15, 0.2) is 41.3 Å². The number of aliphatic hydroxyl groups is 2. The van der Waals surface area contributed by atoms with Crippen molar-refractivity contribution in [2.45, 2.75) is 36.2 Å². The maximum absolute atomic E-state index is 14.1. The summed E-state index contributed by atoms with van der Waals surface area (Å²) in [5, 5.41) is 22.7. The Morgan fingerprint density at radius 2 is 1.94 bits per heavy atom. The third-order valence-electron chi connectivity index (χ3n) is 5.05. The van der Waals surface area contributed by atoms with Crippen molar-refractivity contribution in [1.82, 2.24) is 4.31 Å². The number of sulfonamides is 1. The first-order valence-electron chi connectivity index (χ1n) is 9.53. The molecule has 1 saturated heterocycles. The monoisotopic (exact) mass is 460 g/mol. The third-order valence-corrected chi connectivity index (χ3v) is 6.93. The van der Waals surface area contributed by atoms with Crippen LogP contribution in [0.4, 0.5) is 18.9 Å². The highest BCUT2D eigenvalue weighted by Gasteiger charge is 2.34. The smallest absolute Gasteiger partial charge is 0.246 e. The number of nitrogens with one attached hydrogen (secondary N) is 1. The second-order valence-electron chi connectivity index (χ2n) is 7.17. The number of hydrogen-bond donors (Lipinski definition) is 3. The van der Waals surface area contributed by atoms with Gasteiger partial charge in [0.1, 0.15) is 16.8 Å². The molecule has 1 aliphatic rings. The molecule has 0 bridgehead atoms. The Labute approximate surface area is 178 Å². The Morgan fingerprint density at radius 1 is 1.19 bits per heavy atom. The minimum atomic E-state index is -4.22. The van der Waals surface area contributed by atoms with Gasteiger partial charge in [0.2, 0.25) is 10.0 Å². The minimum Gasteiger partial charge on any atom is -0.495 e. The lowest BCUT2D eigenvalue weighted by Gasteiger charge is -2.24. The fourth-order valence-electron chi connectivity index (χ4n) is 3.31. The van der Waals surface area contributed by atoms with Crippen LogP contribution in [0.25, 0.3) is 0 Å². The van der Waals surface area contributed by atoms with E-state index >= 15 is 0 Å². The maximum atomic E-state index is 14.1. The molecule has 0 aliphatic carbocycles. The zero-order valence-corrected chi connectivity index (χ0v) is 17.4. The van der Waals surface area contributed by atoms with E-state index in [9.17, 15) is 31.8 Å². The normalized spacial score (nSPS) is 21.4. The second kappa shape index (κ2) is 9.43. The first kappa shape index (κ1) is 23.3. The molecule has 1 fully saturated rings. The van der Waals surface area contributed by atoms with Crippen molar-refractivity contribution in [2.24, 2.45) is 0 Å². The second-order valence-corrected chi connectivity index (χ2v) is 9.08. The van der Waals surface area contributed by atoms with Crippen LogP contribution < -0.4 is 10.1 Å². The van der Waals surface area contributed by atoms with Crippen LogP contribution in [0, 0.1) is 11.6 Å². The van der Waals surface area contributed by atoms with Crippen molar-refractivity contribution in [2.75, 3.05) is 25.5 Å². The highest BCUT2D eigenvalue weighted by Crippen LogP contribution is 2.32. The molecule has 3 atom stereocenters. The average Bonchev–Trinajstić information content (AvgIpc) is 2.91. The summed E-state index contributed by atoms with van der Waals surface area (Å²) in [7, 11) is -2.94. The van der Waals surface area contributed by atoms with Crippen LogP contribution >= 0.6 is 0 Å². The highest BCUT2D eigenvalue weighted by atomic mass is 32.2. The summed E-state index contributed by atoms with van der Waals surface area (Å²) in [6.45, 7) is -0.491. The van der Waals surface area contributed by atoms with E-state index in [4.69, 9.17) is 4.74 Å². The Kier molecular flexibility index (Phi) is 7.10. The van der Waals surface area contributed by atoms with Crippen LogP contribution in [0.1, 0.15) is 24.6 Å². The number of aliphatic hydroxyl groups excluding tert-OH is 2. The van der Waals surface area contributed by atoms with Gasteiger partial charge in [0.25, 0.3) is 0 Å². The largest absolute Gasteiger partial charge is 0.495 e. The Hall–Kier alpha value is -2.34. The van der Waals surface area contributed by atoms with Gasteiger partial charge in [-0.1, -0.05) is 6.07 Å². The summed E-state index contributed by atoms with van der Waals surface area (Å²) in [5.41, 5.74) is 0.184. The number of halogens is 3. The predicted octanol–water partition coefficient (Wildman–Crippen LogP) is 2.56. The number of benzene rings is 2. The molecule has 0 amide bonds. The minimum absolute atomic E-state index is 0.0102. The molecule has 3 rings (SSSR count). The first-order valence-corrected chi connectivity index (χ1v) is 11.0. The van der Waals surface area contributed by atoms with E-state index in [1.807, 2.05) is 0 Å². The van der Waals surface area contributed by atoms with Crippen LogP contribution in [-0.2, 0) is 10.0 Å². The summed E-state index contributed by atoms with van der Waals surface area (Å²) >= 11 is 0. The number of rotatable bonds is 6. The number of ether oxygens (including phenoxy) is 1. The van der Waals surface area contributed by atoms with E-state index in [0.29, 0.717) is 0 Å². The molecule has 3 N–H and O–H groups in total. The zero-order chi connectivity index (χ0) is 22.8. The third kappa shape index (κ3) is 5.12. The molecule has 11 heteroatoms. The van der Waals surface area contributed by atoms with Crippen molar-refractivity contribution in [3.8, 4) is 5.75 Å². The van der Waals surface area contributed by atoms with E-state index in [2.05, 4.69) is 5.32 Å². The van der Waals surface area contributed by atoms with Gasteiger partial charge in [-0.3, -0.25) is 0 Å². The molecule has 0 radical (unpaired) electrons. The average molecular weight is 460 g/mol. The molecule has 1 heterocycles. The summed E-state index contributed by atoms with van der Waals surface area (Å²) in [6.07, 6.45) is -4.00. The van der Waals surface area contributed by atoms with Crippen molar-refractivity contribution >= 4 is 15.7 Å². The highest BCUT2D eigenvalue weighted by molar-refractivity contribution is 7.89. The summed E-state index contributed by atoms with van der Waals surface area (Å²) in [4.78, 5) is -0.290. The maximum Gasteiger partial charge on any atom is 0.246 e. The number of nitrogens with zero attached hydrogens (tertiary/aromatic N) is 1. The molecule has 0 saturated carbocycles. The molecule has 31 heavy (non-hydrogen) atoms. The van der Waals surface area contributed by atoms with Crippen molar-refractivity contribution in [3.63, 3.8) is 0 Å². The summed E-state index contributed by atoms with van der Waals surface area (Å²) in [5.74, 6) is -2.17. The summed E-state index contributed by atoms with van der Waals surface area (Å²) in [6, 6.07) is 6.85. The van der Waals surface area contributed by atoms with Crippen molar-refractivity contribution in [1.29, 1.82) is 0 Å². The fourth-order valence-corrected chi connectivity index (χ4v) is 4.99. The molecule has 0 aromatic heterocycles. The first-order chi connectivity index (χ1) is 14.6. The number of hydrogen-bond acceptors (Lipinski definition) is 6. The molecule has 0 spiro atoms. The van der Waals surface area contributed by atoms with Gasteiger partial charge in [0.15, 0.2) is 17.9 Å². The van der Waals surface area contributed by atoms with Crippen LogP contribution in [0.2, 0.25) is 0 Å². The topological polar surface area (TPSA) is 99.1 Å².